The van der Waals surface area contributed by atoms with Crippen molar-refractivity contribution in [1.29, 1.82) is 0 Å². The summed E-state index contributed by atoms with van der Waals surface area (Å²) < 4.78 is 0. The van der Waals surface area contributed by atoms with Crippen molar-refractivity contribution < 1.29 is 0 Å². The number of nitrogens with zero attached hydrogens (tertiary/aromatic N) is 2. The van der Waals surface area contributed by atoms with Gasteiger partial charge in [0.1, 0.15) is 0 Å². The molecule has 2 rings (SSSR count). The lowest BCUT2D eigenvalue weighted by molar-refractivity contribution is 0.0356. The molecule has 0 aromatic carbocycles. The third-order valence-corrected chi connectivity index (χ3v) is 5.52. The van der Waals surface area contributed by atoms with E-state index < -0.39 is 0 Å². The fraction of sp³-hybridized carbons (Fsp3) is 1.00. The molecule has 3 heteroatoms. The van der Waals surface area contributed by atoms with E-state index in [1.165, 1.54) is 45.2 Å². The smallest absolute Gasteiger partial charge is 0.0254 e. The Labute approximate surface area is 126 Å². The van der Waals surface area contributed by atoms with E-state index in [1.807, 2.05) is 0 Å². The van der Waals surface area contributed by atoms with Crippen LogP contribution in [0, 0.1) is 5.41 Å². The summed E-state index contributed by atoms with van der Waals surface area (Å²) in [5, 5.41) is 3.75. The highest BCUT2D eigenvalue weighted by atomic mass is 15.2. The highest BCUT2D eigenvalue weighted by Crippen LogP contribution is 2.38. The molecule has 1 aliphatic heterocycles. The highest BCUT2D eigenvalue weighted by Gasteiger charge is 2.38. The summed E-state index contributed by atoms with van der Waals surface area (Å²) in [4.78, 5) is 5.19. The third kappa shape index (κ3) is 3.96. The van der Waals surface area contributed by atoms with Crippen molar-refractivity contribution in [3.8, 4) is 0 Å². The van der Waals surface area contributed by atoms with Crippen LogP contribution in [-0.4, -0.2) is 61.7 Å². The van der Waals surface area contributed by atoms with Crippen molar-refractivity contribution in [2.75, 3.05) is 33.7 Å². The molecule has 0 aromatic rings. The van der Waals surface area contributed by atoms with E-state index in [0.29, 0.717) is 11.5 Å². The minimum atomic E-state index is 0.523. The molecule has 2 aliphatic rings. The Morgan fingerprint density at radius 2 is 1.80 bits per heavy atom. The van der Waals surface area contributed by atoms with Crippen molar-refractivity contribution >= 4 is 0 Å². The summed E-state index contributed by atoms with van der Waals surface area (Å²) in [6, 6.07) is 2.26. The molecular weight excluding hydrogens is 246 g/mol. The Bertz CT molecular complexity index is 293. The number of hydrogen-bond acceptors (Lipinski definition) is 3. The average molecular weight is 281 g/mol. The Kier molecular flexibility index (Phi) is 5.49. The molecule has 0 radical (unpaired) electrons. The molecule has 1 aliphatic carbocycles. The summed E-state index contributed by atoms with van der Waals surface area (Å²) in [5.41, 5.74) is 0.523. The lowest BCUT2D eigenvalue weighted by atomic mass is 9.72. The van der Waals surface area contributed by atoms with Gasteiger partial charge in [0, 0.05) is 18.1 Å². The average Bonchev–Trinajstić information content (AvgIpc) is 2.41. The van der Waals surface area contributed by atoms with Crippen molar-refractivity contribution in [3.05, 3.63) is 0 Å². The molecule has 2 fully saturated rings. The second kappa shape index (κ2) is 6.76. The zero-order chi connectivity index (χ0) is 14.8. The summed E-state index contributed by atoms with van der Waals surface area (Å²) in [6.45, 7) is 10.8. The van der Waals surface area contributed by atoms with Crippen LogP contribution in [0.5, 0.6) is 0 Å². The number of likely N-dealkylation sites (tertiary alicyclic amines) is 1. The Balaban J connectivity index is 1.97. The lowest BCUT2D eigenvalue weighted by Gasteiger charge is -2.48. The van der Waals surface area contributed by atoms with Crippen LogP contribution in [0.1, 0.15) is 52.9 Å². The van der Waals surface area contributed by atoms with Gasteiger partial charge in [-0.15, -0.1) is 0 Å². The molecule has 0 bridgehead atoms. The normalized spacial score (nSPS) is 32.7. The van der Waals surface area contributed by atoms with E-state index in [2.05, 4.69) is 50.0 Å². The fourth-order valence-electron chi connectivity index (χ4n) is 4.17. The van der Waals surface area contributed by atoms with Crippen LogP contribution >= 0.6 is 0 Å². The molecule has 2 atom stereocenters. The number of rotatable bonds is 4. The lowest BCUT2D eigenvalue weighted by Crippen LogP contribution is -2.57. The quantitative estimate of drug-likeness (QED) is 0.854. The highest BCUT2D eigenvalue weighted by molar-refractivity contribution is 4.96. The minimum Gasteiger partial charge on any atom is -0.313 e. The van der Waals surface area contributed by atoms with Crippen LogP contribution in [-0.2, 0) is 0 Å². The van der Waals surface area contributed by atoms with E-state index in [1.54, 1.807) is 0 Å². The van der Waals surface area contributed by atoms with Crippen LogP contribution in [0.2, 0.25) is 0 Å². The van der Waals surface area contributed by atoms with Gasteiger partial charge < -0.3 is 10.2 Å². The van der Waals surface area contributed by atoms with Crippen molar-refractivity contribution in [2.45, 2.75) is 71.0 Å². The van der Waals surface area contributed by atoms with Gasteiger partial charge in [0.25, 0.3) is 0 Å². The van der Waals surface area contributed by atoms with Gasteiger partial charge in [-0.3, -0.25) is 4.90 Å². The topological polar surface area (TPSA) is 18.5 Å². The summed E-state index contributed by atoms with van der Waals surface area (Å²) in [6.07, 6.45) is 6.75. The van der Waals surface area contributed by atoms with Crippen LogP contribution in [0.4, 0.5) is 0 Å². The van der Waals surface area contributed by atoms with Gasteiger partial charge >= 0.3 is 0 Å². The van der Waals surface area contributed by atoms with Crippen molar-refractivity contribution in [2.24, 2.45) is 5.41 Å². The molecule has 1 saturated heterocycles. The van der Waals surface area contributed by atoms with Gasteiger partial charge in [-0.05, 0) is 71.2 Å². The number of hydrogen-bond donors (Lipinski definition) is 1. The maximum atomic E-state index is 3.75. The van der Waals surface area contributed by atoms with Crippen LogP contribution in [0.15, 0.2) is 0 Å². The maximum absolute atomic E-state index is 3.75. The standard InChI is InChI=1S/C17H35N3/c1-6-18-15-7-10-17(2,3)13-16(15)20-11-8-14(9-12-20)19(4)5/h14-16,18H,6-13H2,1-5H3. The molecule has 20 heavy (non-hydrogen) atoms. The SMILES string of the molecule is CCNC1CCC(C)(C)CC1N1CCC(N(C)C)CC1. The molecule has 0 amide bonds. The predicted octanol–water partition coefficient (Wildman–Crippen LogP) is 2.57. The first-order valence-electron chi connectivity index (χ1n) is 8.57. The number of piperidine rings is 1. The van der Waals surface area contributed by atoms with Gasteiger partial charge in [-0.1, -0.05) is 20.8 Å². The number of likely N-dealkylation sites (N-methyl/N-ethyl adjacent to an activating group) is 1. The number of nitrogens with one attached hydrogen (secondary N) is 1. The maximum Gasteiger partial charge on any atom is 0.0254 e. The largest absolute Gasteiger partial charge is 0.313 e. The van der Waals surface area contributed by atoms with E-state index in [-0.39, 0.29) is 0 Å². The van der Waals surface area contributed by atoms with Crippen LogP contribution < -0.4 is 5.32 Å². The molecule has 1 saturated carbocycles. The minimum absolute atomic E-state index is 0.523. The van der Waals surface area contributed by atoms with E-state index in [4.69, 9.17) is 0 Å². The van der Waals surface area contributed by atoms with Gasteiger partial charge in [0.2, 0.25) is 0 Å². The molecule has 0 spiro atoms. The predicted molar refractivity (Wildman–Crippen MR) is 87.2 cm³/mol. The van der Waals surface area contributed by atoms with Gasteiger partial charge in [0.15, 0.2) is 0 Å². The third-order valence-electron chi connectivity index (χ3n) is 5.52. The Hall–Kier alpha value is -0.120. The van der Waals surface area contributed by atoms with Gasteiger partial charge in [-0.2, -0.15) is 0 Å². The van der Waals surface area contributed by atoms with Crippen LogP contribution in [0.3, 0.4) is 0 Å². The van der Waals surface area contributed by atoms with Crippen LogP contribution in [0.25, 0.3) is 0 Å². The second-order valence-electron chi connectivity index (χ2n) is 7.87. The first-order valence-corrected chi connectivity index (χ1v) is 8.57. The summed E-state index contributed by atoms with van der Waals surface area (Å²) in [7, 11) is 4.46. The van der Waals surface area contributed by atoms with Gasteiger partial charge in [0.05, 0.1) is 0 Å². The second-order valence-corrected chi connectivity index (χ2v) is 7.87. The fourth-order valence-corrected chi connectivity index (χ4v) is 4.17. The molecular formula is C17H35N3. The first kappa shape index (κ1) is 16.3. The van der Waals surface area contributed by atoms with Gasteiger partial charge in [-0.25, -0.2) is 0 Å². The molecule has 118 valence electrons. The van der Waals surface area contributed by atoms with Crippen molar-refractivity contribution in [1.82, 2.24) is 15.1 Å². The summed E-state index contributed by atoms with van der Waals surface area (Å²) >= 11 is 0. The Morgan fingerprint density at radius 3 is 2.35 bits per heavy atom. The molecule has 3 nitrogen and oxygen atoms in total. The monoisotopic (exact) mass is 281 g/mol. The van der Waals surface area contributed by atoms with Crippen molar-refractivity contribution in [3.63, 3.8) is 0 Å². The zero-order valence-electron chi connectivity index (χ0n) is 14.3. The molecule has 1 heterocycles. The molecule has 1 N–H and O–H groups in total. The summed E-state index contributed by atoms with van der Waals surface area (Å²) in [5.74, 6) is 0. The molecule has 0 aromatic heterocycles. The Morgan fingerprint density at radius 1 is 1.15 bits per heavy atom. The zero-order valence-corrected chi connectivity index (χ0v) is 14.3. The first-order chi connectivity index (χ1) is 9.43. The molecule has 2 unspecified atom stereocenters. The van der Waals surface area contributed by atoms with E-state index >= 15 is 0 Å². The van der Waals surface area contributed by atoms with E-state index in [9.17, 15) is 0 Å². The van der Waals surface area contributed by atoms with E-state index in [0.717, 1.165) is 18.6 Å².